The molecule has 0 aliphatic carbocycles. The number of halogens is 2. The Balaban J connectivity index is 1.16. The molecule has 0 radical (unpaired) electrons. The van der Waals surface area contributed by atoms with Gasteiger partial charge in [0.2, 0.25) is 0 Å². The minimum Gasteiger partial charge on any atom is -0.354 e. The molecular weight excluding hydrogens is 531 g/mol. The van der Waals surface area contributed by atoms with E-state index < -0.39 is 6.17 Å². The van der Waals surface area contributed by atoms with Crippen molar-refractivity contribution in [2.75, 3.05) is 18.4 Å². The number of aromatic nitrogens is 4. The number of anilines is 1. The molecule has 6 rings (SSSR count). The highest BCUT2D eigenvalue weighted by molar-refractivity contribution is 6.30. The number of hydrogen-bond acceptors (Lipinski definition) is 4. The summed E-state index contributed by atoms with van der Waals surface area (Å²) in [6, 6.07) is 17.2. The van der Waals surface area contributed by atoms with Gasteiger partial charge in [-0.15, -0.1) is 0 Å². The van der Waals surface area contributed by atoms with Gasteiger partial charge in [-0.25, -0.2) is 4.39 Å². The predicted molar refractivity (Wildman–Crippen MR) is 154 cm³/mol. The third-order valence-electron chi connectivity index (χ3n) is 7.21. The van der Waals surface area contributed by atoms with E-state index in [-0.39, 0.29) is 11.5 Å². The number of benzene rings is 2. The Hall–Kier alpha value is -4.21. The van der Waals surface area contributed by atoms with Crippen molar-refractivity contribution < 1.29 is 9.18 Å². The van der Waals surface area contributed by atoms with E-state index in [0.29, 0.717) is 46.9 Å². The predicted octanol–water partition coefficient (Wildman–Crippen LogP) is 5.61. The lowest BCUT2D eigenvalue weighted by Crippen LogP contribution is -2.33. The maximum atomic E-state index is 13.5. The van der Waals surface area contributed by atoms with Crippen LogP contribution in [0.4, 0.5) is 10.1 Å². The maximum absolute atomic E-state index is 13.5. The first-order valence-corrected chi connectivity index (χ1v) is 13.6. The summed E-state index contributed by atoms with van der Waals surface area (Å²) in [7, 11) is 0. The molecule has 1 fully saturated rings. The van der Waals surface area contributed by atoms with Crippen LogP contribution in [0.5, 0.6) is 0 Å². The fourth-order valence-electron chi connectivity index (χ4n) is 5.05. The van der Waals surface area contributed by atoms with Crippen molar-refractivity contribution in [3.05, 3.63) is 105 Å². The van der Waals surface area contributed by atoms with Crippen LogP contribution >= 0.6 is 11.6 Å². The fraction of sp³-hybridized carbons (Fsp3) is 0.233. The molecule has 3 aromatic heterocycles. The number of likely N-dealkylation sites (tertiary alicyclic amines) is 1. The number of fused-ring (bicyclic) bond motifs is 1. The molecule has 0 bridgehead atoms. The quantitative estimate of drug-likeness (QED) is 0.242. The molecule has 1 amide bonds. The van der Waals surface area contributed by atoms with Crippen LogP contribution in [0.2, 0.25) is 5.02 Å². The van der Waals surface area contributed by atoms with Gasteiger partial charge in [-0.2, -0.15) is 5.10 Å². The number of nitrogens with zero attached hydrogens (tertiary/aromatic N) is 3. The van der Waals surface area contributed by atoms with E-state index in [2.05, 4.69) is 37.4 Å². The zero-order valence-corrected chi connectivity index (χ0v) is 22.4. The van der Waals surface area contributed by atoms with Gasteiger partial charge in [0.25, 0.3) is 11.5 Å². The lowest BCUT2D eigenvalue weighted by atomic mass is 10.1. The summed E-state index contributed by atoms with van der Waals surface area (Å²) in [5.41, 5.74) is 4.71. The Labute approximate surface area is 234 Å². The van der Waals surface area contributed by atoms with Crippen molar-refractivity contribution in [1.29, 1.82) is 0 Å². The van der Waals surface area contributed by atoms with Gasteiger partial charge in [0.1, 0.15) is 6.17 Å². The summed E-state index contributed by atoms with van der Waals surface area (Å²) in [5.74, 6) is -0.335. The minimum absolute atomic E-state index is 0.269. The van der Waals surface area contributed by atoms with Crippen LogP contribution in [0.3, 0.4) is 0 Å². The van der Waals surface area contributed by atoms with E-state index in [1.807, 2.05) is 36.4 Å². The smallest absolute Gasteiger partial charge is 0.258 e. The van der Waals surface area contributed by atoms with Gasteiger partial charge in [0, 0.05) is 48.0 Å². The molecule has 0 unspecified atom stereocenters. The molecule has 0 atom stereocenters. The lowest BCUT2D eigenvalue weighted by Gasteiger charge is -2.28. The second-order valence-electron chi connectivity index (χ2n) is 10.2. The van der Waals surface area contributed by atoms with Crippen LogP contribution < -0.4 is 10.9 Å². The zero-order chi connectivity index (χ0) is 27.6. The molecule has 5 aromatic rings. The van der Waals surface area contributed by atoms with E-state index in [1.165, 1.54) is 12.4 Å². The highest BCUT2D eigenvalue weighted by Gasteiger charge is 2.19. The van der Waals surface area contributed by atoms with E-state index in [0.717, 1.165) is 41.7 Å². The number of pyridine rings is 1. The van der Waals surface area contributed by atoms with E-state index in [1.54, 1.807) is 16.9 Å². The molecule has 1 aliphatic heterocycles. The van der Waals surface area contributed by atoms with Gasteiger partial charge in [0.05, 0.1) is 35.2 Å². The zero-order valence-electron chi connectivity index (χ0n) is 21.7. The minimum atomic E-state index is -0.692. The molecule has 8 nitrogen and oxygen atoms in total. The number of amides is 1. The lowest BCUT2D eigenvalue weighted by molar-refractivity contribution is 0.102. The van der Waals surface area contributed by atoms with Crippen molar-refractivity contribution in [3.63, 3.8) is 0 Å². The Bertz CT molecular complexity index is 1720. The summed E-state index contributed by atoms with van der Waals surface area (Å²) in [6.45, 7) is 2.79. The van der Waals surface area contributed by atoms with E-state index in [4.69, 9.17) is 11.6 Å². The van der Waals surface area contributed by atoms with E-state index >= 15 is 0 Å². The maximum Gasteiger partial charge on any atom is 0.258 e. The Morgan fingerprint density at radius 2 is 1.82 bits per heavy atom. The number of hydrogen-bond donors (Lipinski definition) is 3. The second kappa shape index (κ2) is 11.1. The van der Waals surface area contributed by atoms with Crippen LogP contribution in [0.25, 0.3) is 22.2 Å². The average molecular weight is 559 g/mol. The monoisotopic (exact) mass is 558 g/mol. The average Bonchev–Trinajstić information content (AvgIpc) is 3.59. The number of aromatic amines is 2. The number of alkyl halides is 1. The fourth-order valence-corrected chi connectivity index (χ4v) is 5.17. The van der Waals surface area contributed by atoms with Crippen LogP contribution in [0.15, 0.2) is 78.0 Å². The molecule has 204 valence electrons. The van der Waals surface area contributed by atoms with Gasteiger partial charge in [-0.1, -0.05) is 29.8 Å². The molecule has 40 heavy (non-hydrogen) atoms. The molecule has 2 aromatic carbocycles. The first-order chi connectivity index (χ1) is 19.4. The summed E-state index contributed by atoms with van der Waals surface area (Å²) < 4.78 is 15.2. The molecule has 4 heterocycles. The number of nitrogens with one attached hydrogen (secondary N) is 3. The second-order valence-corrected chi connectivity index (χ2v) is 10.6. The molecule has 10 heteroatoms. The Kier molecular flexibility index (Phi) is 7.23. The Morgan fingerprint density at radius 1 is 1.05 bits per heavy atom. The molecule has 0 spiro atoms. The molecule has 3 N–H and O–H groups in total. The number of H-pyrrole nitrogens is 2. The molecule has 1 saturated heterocycles. The highest BCUT2D eigenvalue weighted by Crippen LogP contribution is 2.26. The number of carbonyl (C=O) groups is 1. The summed E-state index contributed by atoms with van der Waals surface area (Å²) in [4.78, 5) is 33.9. The van der Waals surface area contributed by atoms with Crippen LogP contribution in [-0.4, -0.2) is 49.8 Å². The first kappa shape index (κ1) is 26.0. The number of rotatable bonds is 7. The van der Waals surface area contributed by atoms with Gasteiger partial charge < -0.3 is 15.3 Å². The number of piperidine rings is 1. The van der Waals surface area contributed by atoms with Crippen LogP contribution in [0.1, 0.15) is 34.3 Å². The van der Waals surface area contributed by atoms with Crippen molar-refractivity contribution in [2.45, 2.75) is 32.1 Å². The highest BCUT2D eigenvalue weighted by atomic mass is 35.5. The van der Waals surface area contributed by atoms with Gasteiger partial charge in [-0.3, -0.25) is 19.2 Å². The van der Waals surface area contributed by atoms with Crippen molar-refractivity contribution >= 4 is 34.1 Å². The van der Waals surface area contributed by atoms with Crippen molar-refractivity contribution in [2.24, 2.45) is 0 Å². The van der Waals surface area contributed by atoms with E-state index in [9.17, 15) is 14.0 Å². The van der Waals surface area contributed by atoms with Crippen LogP contribution in [-0.2, 0) is 13.1 Å². The summed E-state index contributed by atoms with van der Waals surface area (Å²) in [6.07, 6.45) is 5.12. The van der Waals surface area contributed by atoms with Crippen molar-refractivity contribution in [3.8, 4) is 11.3 Å². The third-order valence-corrected chi connectivity index (χ3v) is 7.46. The molecular formula is C30H28ClFN6O2. The van der Waals surface area contributed by atoms with Gasteiger partial charge in [-0.05, 0) is 60.4 Å². The topological polar surface area (TPSA) is 98.8 Å². The summed E-state index contributed by atoms with van der Waals surface area (Å²) >= 11 is 5.95. The number of carbonyl (C=O) groups excluding carboxylic acids is 1. The normalized spacial score (nSPS) is 14.6. The summed E-state index contributed by atoms with van der Waals surface area (Å²) in [5, 5.41) is 8.77. The van der Waals surface area contributed by atoms with Gasteiger partial charge >= 0.3 is 0 Å². The van der Waals surface area contributed by atoms with Crippen molar-refractivity contribution in [1.82, 2.24) is 24.6 Å². The Morgan fingerprint density at radius 3 is 2.62 bits per heavy atom. The molecule has 0 saturated carbocycles. The van der Waals surface area contributed by atoms with Crippen LogP contribution in [0, 0.1) is 0 Å². The molecule has 1 aliphatic rings. The third kappa shape index (κ3) is 5.85. The van der Waals surface area contributed by atoms with Gasteiger partial charge in [0.15, 0.2) is 0 Å². The first-order valence-electron chi connectivity index (χ1n) is 13.2. The SMILES string of the molecule is O=C(Nc1c[nH]c(=O)c(-c2cc3cc(CN4CCC(F)CC4)ccc3[nH]2)c1)c1cnn(Cc2ccc(Cl)cc2)c1. The standard InChI is InChI=1S/C30H28ClFN6O2/c31-23-4-1-19(2-5-23)17-38-18-22(14-34-38)29(39)35-25-13-26(30(40)33-15-25)28-12-21-11-20(3-6-27(21)36-28)16-37-9-7-24(32)8-10-37/h1-6,11-15,18,24,36H,7-10,16-17H2,(H,33,40)(H,35,39). The largest absolute Gasteiger partial charge is 0.354 e.